The highest BCUT2D eigenvalue weighted by atomic mass is 16.6. The number of ether oxygens (including phenoxy) is 2. The summed E-state index contributed by atoms with van der Waals surface area (Å²) in [5.74, 6) is 0.421. The molecule has 1 fully saturated rings. The summed E-state index contributed by atoms with van der Waals surface area (Å²) in [5.41, 5.74) is 7.36. The van der Waals surface area contributed by atoms with Gasteiger partial charge >= 0.3 is 6.09 Å². The van der Waals surface area contributed by atoms with Gasteiger partial charge in [-0.25, -0.2) is 19.7 Å². The number of anilines is 1. The summed E-state index contributed by atoms with van der Waals surface area (Å²) in [6.07, 6.45) is 2.05. The molecule has 0 radical (unpaired) electrons. The van der Waals surface area contributed by atoms with Gasteiger partial charge in [-0.15, -0.1) is 0 Å². The number of rotatable bonds is 7. The van der Waals surface area contributed by atoms with E-state index in [9.17, 15) is 14.7 Å². The molecule has 3 heterocycles. The monoisotopic (exact) mass is 522 g/mol. The van der Waals surface area contributed by atoms with Crippen LogP contribution in [0.1, 0.15) is 50.9 Å². The number of fused-ring (bicyclic) bond motifs is 1. The number of amides is 2. The SMILES string of the molecule is C[C@@H](O)COc1ccc(-c2cc(C(N)=O)c3ncnc(N[C@H]4CCCN(C(=O)OC(C)(C)C)C4)c3n2)cc1. The maximum absolute atomic E-state index is 12.6. The lowest BCUT2D eigenvalue weighted by atomic mass is 10.0. The van der Waals surface area contributed by atoms with Crippen molar-refractivity contribution in [3.05, 3.63) is 42.2 Å². The number of aliphatic hydroxyl groups excluding tert-OH is 1. The average Bonchev–Trinajstić information content (AvgIpc) is 2.86. The van der Waals surface area contributed by atoms with Gasteiger partial charge in [0.25, 0.3) is 5.91 Å². The van der Waals surface area contributed by atoms with Crippen molar-refractivity contribution < 1.29 is 24.2 Å². The molecular weight excluding hydrogens is 488 g/mol. The minimum Gasteiger partial charge on any atom is -0.491 e. The van der Waals surface area contributed by atoms with Crippen molar-refractivity contribution in [2.45, 2.75) is 58.3 Å². The summed E-state index contributed by atoms with van der Waals surface area (Å²) < 4.78 is 11.1. The summed E-state index contributed by atoms with van der Waals surface area (Å²) in [6, 6.07) is 8.67. The number of nitrogens with one attached hydrogen (secondary N) is 1. The number of carbonyl (C=O) groups is 2. The number of nitrogens with two attached hydrogens (primary N) is 1. The molecule has 11 heteroatoms. The van der Waals surface area contributed by atoms with Gasteiger partial charge < -0.3 is 30.5 Å². The summed E-state index contributed by atoms with van der Waals surface area (Å²) in [6.45, 7) is 8.40. The van der Waals surface area contributed by atoms with Gasteiger partial charge in [0.1, 0.15) is 35.3 Å². The number of pyridine rings is 1. The molecule has 1 aromatic carbocycles. The number of hydrogen-bond donors (Lipinski definition) is 3. The van der Waals surface area contributed by atoms with Gasteiger partial charge in [-0.2, -0.15) is 0 Å². The number of aliphatic hydroxyl groups is 1. The molecule has 1 saturated heterocycles. The van der Waals surface area contributed by atoms with E-state index in [4.69, 9.17) is 20.2 Å². The molecule has 0 unspecified atom stereocenters. The Morgan fingerprint density at radius 2 is 1.95 bits per heavy atom. The van der Waals surface area contributed by atoms with E-state index in [2.05, 4.69) is 15.3 Å². The van der Waals surface area contributed by atoms with E-state index in [1.165, 1.54) is 6.33 Å². The van der Waals surface area contributed by atoms with Crippen LogP contribution in [0, 0.1) is 0 Å². The Morgan fingerprint density at radius 1 is 1.21 bits per heavy atom. The second-order valence-electron chi connectivity index (χ2n) is 10.4. The maximum Gasteiger partial charge on any atom is 0.410 e. The Balaban J connectivity index is 1.63. The fourth-order valence-corrected chi connectivity index (χ4v) is 4.20. The largest absolute Gasteiger partial charge is 0.491 e. The number of primary amides is 1. The molecule has 1 aliphatic rings. The second kappa shape index (κ2) is 11.2. The first kappa shape index (κ1) is 27.1. The highest BCUT2D eigenvalue weighted by molar-refractivity contribution is 6.06. The quantitative estimate of drug-likeness (QED) is 0.424. The van der Waals surface area contributed by atoms with Crippen LogP contribution < -0.4 is 15.8 Å². The van der Waals surface area contributed by atoms with E-state index in [0.29, 0.717) is 41.4 Å². The van der Waals surface area contributed by atoms with Crippen molar-refractivity contribution in [2.24, 2.45) is 5.73 Å². The van der Waals surface area contributed by atoms with E-state index in [0.717, 1.165) is 18.4 Å². The Labute approximate surface area is 221 Å². The third kappa shape index (κ3) is 6.65. The molecule has 4 rings (SSSR count). The summed E-state index contributed by atoms with van der Waals surface area (Å²) >= 11 is 0. The van der Waals surface area contributed by atoms with E-state index < -0.39 is 17.6 Å². The zero-order chi connectivity index (χ0) is 27.4. The normalized spacial score (nSPS) is 16.7. The third-order valence-electron chi connectivity index (χ3n) is 5.91. The minimum atomic E-state index is -0.631. The zero-order valence-corrected chi connectivity index (χ0v) is 22.1. The number of hydrogen-bond acceptors (Lipinski definition) is 9. The van der Waals surface area contributed by atoms with E-state index in [-0.39, 0.29) is 24.3 Å². The molecule has 11 nitrogen and oxygen atoms in total. The lowest BCUT2D eigenvalue weighted by Gasteiger charge is -2.34. The summed E-state index contributed by atoms with van der Waals surface area (Å²) in [5, 5.41) is 12.8. The molecule has 0 spiro atoms. The van der Waals surface area contributed by atoms with Crippen LogP contribution in [0.4, 0.5) is 10.6 Å². The smallest absolute Gasteiger partial charge is 0.410 e. The molecule has 0 bridgehead atoms. The van der Waals surface area contributed by atoms with Gasteiger partial charge in [0.15, 0.2) is 5.82 Å². The van der Waals surface area contributed by atoms with Crippen molar-refractivity contribution in [1.82, 2.24) is 19.9 Å². The molecule has 1 aliphatic heterocycles. The molecule has 2 aromatic heterocycles. The summed E-state index contributed by atoms with van der Waals surface area (Å²) in [7, 11) is 0. The van der Waals surface area contributed by atoms with Crippen LogP contribution in [-0.4, -0.2) is 74.4 Å². The van der Waals surface area contributed by atoms with Gasteiger partial charge in [-0.3, -0.25) is 4.79 Å². The van der Waals surface area contributed by atoms with E-state index in [1.807, 2.05) is 32.9 Å². The molecule has 202 valence electrons. The van der Waals surface area contributed by atoms with Gasteiger partial charge in [0.05, 0.1) is 17.4 Å². The molecular formula is C27H34N6O5. The number of piperidine rings is 1. The van der Waals surface area contributed by atoms with Gasteiger partial charge in [0, 0.05) is 24.7 Å². The van der Waals surface area contributed by atoms with Crippen LogP contribution in [0.2, 0.25) is 0 Å². The minimum absolute atomic E-state index is 0.0952. The summed E-state index contributed by atoms with van der Waals surface area (Å²) in [4.78, 5) is 40.1. The molecule has 2 amide bonds. The van der Waals surface area contributed by atoms with Gasteiger partial charge in [-0.05, 0) is 70.9 Å². The number of nitrogens with zero attached hydrogens (tertiary/aromatic N) is 4. The molecule has 3 aromatic rings. The van der Waals surface area contributed by atoms with Crippen molar-refractivity contribution >= 4 is 28.9 Å². The van der Waals surface area contributed by atoms with Crippen LogP contribution in [0.25, 0.3) is 22.3 Å². The number of aromatic nitrogens is 3. The van der Waals surface area contributed by atoms with E-state index >= 15 is 0 Å². The standard InChI is InChI=1S/C27H34N6O5/c1-16(34)14-37-19-9-7-17(8-10-19)21-12-20(24(28)35)22-23(32-21)25(30-15-29-22)31-18-6-5-11-33(13-18)26(36)38-27(2,3)4/h7-10,12,15-16,18,34H,5-6,11,13-14H2,1-4H3,(H2,28,35)(H,29,30,31)/t16-,18+/m1/s1. The Morgan fingerprint density at radius 3 is 2.61 bits per heavy atom. The first-order valence-electron chi connectivity index (χ1n) is 12.6. The predicted molar refractivity (Wildman–Crippen MR) is 143 cm³/mol. The first-order chi connectivity index (χ1) is 18.0. The molecule has 4 N–H and O–H groups in total. The van der Waals surface area contributed by atoms with Crippen molar-refractivity contribution in [2.75, 3.05) is 25.0 Å². The lowest BCUT2D eigenvalue weighted by Crippen LogP contribution is -2.47. The highest BCUT2D eigenvalue weighted by Crippen LogP contribution is 2.29. The topological polar surface area (TPSA) is 153 Å². The van der Waals surface area contributed by atoms with Crippen LogP contribution >= 0.6 is 0 Å². The van der Waals surface area contributed by atoms with Crippen molar-refractivity contribution in [3.63, 3.8) is 0 Å². The molecule has 2 atom stereocenters. The Bertz CT molecular complexity index is 1310. The van der Waals surface area contributed by atoms with Crippen LogP contribution in [0.5, 0.6) is 5.75 Å². The first-order valence-corrected chi connectivity index (χ1v) is 12.6. The van der Waals surface area contributed by atoms with Crippen LogP contribution in [-0.2, 0) is 4.74 Å². The predicted octanol–water partition coefficient (Wildman–Crippen LogP) is 3.36. The Kier molecular flexibility index (Phi) is 7.96. The van der Waals surface area contributed by atoms with E-state index in [1.54, 1.807) is 30.0 Å². The fourth-order valence-electron chi connectivity index (χ4n) is 4.20. The fraction of sp³-hybridized carbons (Fsp3) is 0.444. The van der Waals surface area contributed by atoms with Crippen LogP contribution in [0.3, 0.4) is 0 Å². The zero-order valence-electron chi connectivity index (χ0n) is 22.1. The maximum atomic E-state index is 12.6. The second-order valence-corrected chi connectivity index (χ2v) is 10.4. The number of benzene rings is 1. The van der Waals surface area contributed by atoms with Crippen molar-refractivity contribution in [3.8, 4) is 17.0 Å². The number of carbonyl (C=O) groups excluding carboxylic acids is 2. The number of likely N-dealkylation sites (tertiary alicyclic amines) is 1. The van der Waals surface area contributed by atoms with Crippen LogP contribution in [0.15, 0.2) is 36.7 Å². The van der Waals surface area contributed by atoms with Gasteiger partial charge in [0.2, 0.25) is 0 Å². The lowest BCUT2D eigenvalue weighted by molar-refractivity contribution is 0.0206. The van der Waals surface area contributed by atoms with Gasteiger partial charge in [-0.1, -0.05) is 0 Å². The Hall–Kier alpha value is -3.99. The molecule has 38 heavy (non-hydrogen) atoms. The molecule has 0 aliphatic carbocycles. The molecule has 0 saturated carbocycles. The van der Waals surface area contributed by atoms with Crippen molar-refractivity contribution in [1.29, 1.82) is 0 Å². The third-order valence-corrected chi connectivity index (χ3v) is 5.91. The highest BCUT2D eigenvalue weighted by Gasteiger charge is 2.28. The average molecular weight is 523 g/mol.